The Bertz CT molecular complexity index is 3190. The molecule has 0 saturated carbocycles. The standard InChI is InChI=1S/C52H33N5/c1-3-13-36(14-4-1)52-51-41(40-17-7-8-18-43(40)56-52)27-28-48-50(51)42-26-25-37(33-49(42)57(48)39-15-5-2-6-16-39)34-21-23-35(24-22-34)38-31-46(44-19-9-11-29-53-44)55-47(32-38)45-20-10-12-30-54-45/h1-33H. The largest absolute Gasteiger partial charge is 0.309 e. The van der Waals surface area contributed by atoms with Crippen LogP contribution in [-0.2, 0) is 0 Å². The number of hydrogen-bond donors (Lipinski definition) is 0. The zero-order chi connectivity index (χ0) is 37.7. The van der Waals surface area contributed by atoms with Crippen LogP contribution in [0.4, 0.5) is 0 Å². The van der Waals surface area contributed by atoms with Crippen LogP contribution >= 0.6 is 0 Å². The zero-order valence-corrected chi connectivity index (χ0v) is 30.8. The number of nitrogens with zero attached hydrogens (tertiary/aromatic N) is 5. The molecule has 57 heavy (non-hydrogen) atoms. The average Bonchev–Trinajstić information content (AvgIpc) is 3.63. The van der Waals surface area contributed by atoms with E-state index in [2.05, 4.69) is 166 Å². The monoisotopic (exact) mass is 727 g/mol. The molecule has 0 fully saturated rings. The molecule has 0 amide bonds. The Hall–Kier alpha value is -7.76. The highest BCUT2D eigenvalue weighted by Gasteiger charge is 2.20. The molecular formula is C52H33N5. The molecule has 6 aromatic carbocycles. The minimum Gasteiger partial charge on any atom is -0.309 e. The van der Waals surface area contributed by atoms with Crippen LogP contribution in [0, 0.1) is 0 Å². The van der Waals surface area contributed by atoms with E-state index >= 15 is 0 Å². The van der Waals surface area contributed by atoms with Crippen molar-refractivity contribution in [3.05, 3.63) is 200 Å². The smallest absolute Gasteiger partial charge is 0.0900 e. The van der Waals surface area contributed by atoms with Crippen molar-refractivity contribution in [1.82, 2.24) is 24.5 Å². The number of aromatic nitrogens is 5. The third kappa shape index (κ3) is 5.64. The molecule has 0 aliphatic rings. The number of fused-ring (bicyclic) bond motifs is 7. The molecule has 0 unspecified atom stereocenters. The highest BCUT2D eigenvalue weighted by Crippen LogP contribution is 2.43. The first kappa shape index (κ1) is 32.7. The van der Waals surface area contributed by atoms with Gasteiger partial charge in [0, 0.05) is 45.2 Å². The van der Waals surface area contributed by atoms with Gasteiger partial charge in [-0.2, -0.15) is 0 Å². The fourth-order valence-electron chi connectivity index (χ4n) is 8.24. The van der Waals surface area contributed by atoms with E-state index in [4.69, 9.17) is 9.97 Å². The van der Waals surface area contributed by atoms with E-state index in [9.17, 15) is 0 Å². The summed E-state index contributed by atoms with van der Waals surface area (Å²) in [5, 5.41) is 5.92. The van der Waals surface area contributed by atoms with Crippen LogP contribution in [0.25, 0.3) is 105 Å². The summed E-state index contributed by atoms with van der Waals surface area (Å²) in [6.07, 6.45) is 3.60. The Morgan fingerprint density at radius 3 is 1.61 bits per heavy atom. The van der Waals surface area contributed by atoms with Crippen molar-refractivity contribution < 1.29 is 0 Å². The van der Waals surface area contributed by atoms with Crippen molar-refractivity contribution in [3.8, 4) is 62.0 Å². The molecule has 11 rings (SSSR count). The molecule has 5 heteroatoms. The van der Waals surface area contributed by atoms with Crippen LogP contribution in [0.5, 0.6) is 0 Å². The van der Waals surface area contributed by atoms with Crippen LogP contribution in [0.2, 0.25) is 0 Å². The zero-order valence-electron chi connectivity index (χ0n) is 30.8. The van der Waals surface area contributed by atoms with E-state index in [1.807, 2.05) is 36.4 Å². The minimum atomic E-state index is 0.808. The molecule has 5 heterocycles. The summed E-state index contributed by atoms with van der Waals surface area (Å²) < 4.78 is 2.40. The van der Waals surface area contributed by atoms with Gasteiger partial charge in [0.25, 0.3) is 0 Å². The first-order valence-corrected chi connectivity index (χ1v) is 19.1. The molecule has 0 radical (unpaired) electrons. The molecule has 0 aliphatic heterocycles. The van der Waals surface area contributed by atoms with E-state index in [0.717, 1.165) is 83.9 Å². The van der Waals surface area contributed by atoms with E-state index < -0.39 is 0 Å². The summed E-state index contributed by atoms with van der Waals surface area (Å²) in [5.41, 5.74) is 14.2. The minimum absolute atomic E-state index is 0.808. The van der Waals surface area contributed by atoms with Crippen molar-refractivity contribution >= 4 is 43.5 Å². The van der Waals surface area contributed by atoms with Gasteiger partial charge in [-0.1, -0.05) is 121 Å². The van der Waals surface area contributed by atoms with E-state index in [1.165, 1.54) is 21.5 Å². The molecule has 5 nitrogen and oxygen atoms in total. The van der Waals surface area contributed by atoms with Crippen LogP contribution in [0.15, 0.2) is 200 Å². The first-order chi connectivity index (χ1) is 28.3. The molecule has 5 aromatic heterocycles. The quantitative estimate of drug-likeness (QED) is 0.160. The highest BCUT2D eigenvalue weighted by molar-refractivity contribution is 6.28. The van der Waals surface area contributed by atoms with Gasteiger partial charge in [-0.3, -0.25) is 9.97 Å². The first-order valence-electron chi connectivity index (χ1n) is 19.1. The van der Waals surface area contributed by atoms with Gasteiger partial charge in [0.15, 0.2) is 0 Å². The second-order valence-electron chi connectivity index (χ2n) is 14.3. The maximum Gasteiger partial charge on any atom is 0.0900 e. The van der Waals surface area contributed by atoms with E-state index in [-0.39, 0.29) is 0 Å². The van der Waals surface area contributed by atoms with Crippen molar-refractivity contribution in [2.45, 2.75) is 0 Å². The number of para-hydroxylation sites is 2. The topological polar surface area (TPSA) is 56.5 Å². The van der Waals surface area contributed by atoms with Crippen molar-refractivity contribution in [2.24, 2.45) is 0 Å². The van der Waals surface area contributed by atoms with Crippen LogP contribution in [-0.4, -0.2) is 24.5 Å². The molecule has 0 bridgehead atoms. The Morgan fingerprint density at radius 1 is 0.333 bits per heavy atom. The molecular weight excluding hydrogens is 695 g/mol. The molecule has 0 atom stereocenters. The summed E-state index contributed by atoms with van der Waals surface area (Å²) in [6, 6.07) is 66.0. The van der Waals surface area contributed by atoms with Crippen LogP contribution in [0.1, 0.15) is 0 Å². The third-order valence-corrected chi connectivity index (χ3v) is 10.9. The van der Waals surface area contributed by atoms with Gasteiger partial charge in [0.2, 0.25) is 0 Å². The van der Waals surface area contributed by atoms with Crippen molar-refractivity contribution in [2.75, 3.05) is 0 Å². The second kappa shape index (κ2) is 13.5. The molecule has 0 aliphatic carbocycles. The number of benzene rings is 6. The van der Waals surface area contributed by atoms with Crippen molar-refractivity contribution in [1.29, 1.82) is 0 Å². The van der Waals surface area contributed by atoms with E-state index in [1.54, 1.807) is 12.4 Å². The summed E-state index contributed by atoms with van der Waals surface area (Å²) >= 11 is 0. The van der Waals surface area contributed by atoms with E-state index in [0.29, 0.717) is 0 Å². The summed E-state index contributed by atoms with van der Waals surface area (Å²) in [7, 11) is 0. The van der Waals surface area contributed by atoms with Gasteiger partial charge in [-0.05, 0) is 94.4 Å². The lowest BCUT2D eigenvalue weighted by molar-refractivity contribution is 1.18. The predicted molar refractivity (Wildman–Crippen MR) is 234 cm³/mol. The third-order valence-electron chi connectivity index (χ3n) is 10.9. The molecule has 0 saturated heterocycles. The van der Waals surface area contributed by atoms with Gasteiger partial charge in [0.05, 0.1) is 45.0 Å². The summed E-state index contributed by atoms with van der Waals surface area (Å²) in [5.74, 6) is 0. The van der Waals surface area contributed by atoms with Gasteiger partial charge in [-0.25, -0.2) is 9.97 Å². The van der Waals surface area contributed by atoms with Crippen LogP contribution in [0.3, 0.4) is 0 Å². The number of hydrogen-bond acceptors (Lipinski definition) is 4. The van der Waals surface area contributed by atoms with Gasteiger partial charge in [-0.15, -0.1) is 0 Å². The van der Waals surface area contributed by atoms with Crippen molar-refractivity contribution in [3.63, 3.8) is 0 Å². The molecule has 0 spiro atoms. The second-order valence-corrected chi connectivity index (χ2v) is 14.3. The lowest BCUT2D eigenvalue weighted by Crippen LogP contribution is -1.94. The fourth-order valence-corrected chi connectivity index (χ4v) is 8.24. The lowest BCUT2D eigenvalue weighted by atomic mass is 9.95. The van der Waals surface area contributed by atoms with Crippen LogP contribution < -0.4 is 0 Å². The molecule has 0 N–H and O–H groups in total. The summed E-state index contributed by atoms with van der Waals surface area (Å²) in [4.78, 5) is 19.5. The van der Waals surface area contributed by atoms with Gasteiger partial charge >= 0.3 is 0 Å². The Morgan fingerprint density at radius 2 is 0.930 bits per heavy atom. The Kier molecular flexibility index (Phi) is 7.74. The maximum absolute atomic E-state index is 5.34. The Balaban J connectivity index is 1.10. The normalized spacial score (nSPS) is 11.5. The lowest BCUT2D eigenvalue weighted by Gasteiger charge is -2.12. The highest BCUT2D eigenvalue weighted by atomic mass is 15.0. The maximum atomic E-state index is 5.34. The predicted octanol–water partition coefficient (Wildman–Crippen LogP) is 13.0. The average molecular weight is 728 g/mol. The number of rotatable bonds is 6. The number of pyridine rings is 4. The molecule has 266 valence electrons. The molecule has 11 aromatic rings. The van der Waals surface area contributed by atoms with Gasteiger partial charge < -0.3 is 4.57 Å². The Labute approximate surface area is 329 Å². The van der Waals surface area contributed by atoms with Gasteiger partial charge in [0.1, 0.15) is 0 Å². The summed E-state index contributed by atoms with van der Waals surface area (Å²) in [6.45, 7) is 0. The SMILES string of the molecule is c1ccc(-c2nc3ccccc3c3ccc4c(c5ccc(-c6ccc(-c7cc(-c8ccccn8)nc(-c8ccccn8)c7)cc6)cc5n4-c4ccccc4)c23)cc1. The fraction of sp³-hybridized carbons (Fsp3) is 0.